The van der Waals surface area contributed by atoms with E-state index in [1.807, 2.05) is 0 Å². The quantitative estimate of drug-likeness (QED) is 0.185. The molecule has 1 saturated heterocycles. The van der Waals surface area contributed by atoms with Crippen LogP contribution < -0.4 is 0 Å². The largest absolute Gasteiger partial charge is 0.464 e. The zero-order chi connectivity index (χ0) is 21.9. The molecule has 0 bridgehead atoms. The molecule has 1 fully saturated rings. The van der Waals surface area contributed by atoms with Crippen LogP contribution in [0.2, 0.25) is 0 Å². The number of esters is 1. The summed E-state index contributed by atoms with van der Waals surface area (Å²) in [5.41, 5.74) is 0. The maximum Gasteiger partial charge on any atom is 0.410 e. The molecule has 1 rings (SSSR count). The van der Waals surface area contributed by atoms with E-state index in [2.05, 4.69) is 13.8 Å². The number of unbranched alkanes of at least 4 members (excludes halogenated alkanes) is 12. The van der Waals surface area contributed by atoms with Crippen molar-refractivity contribution < 1.29 is 19.1 Å². The van der Waals surface area contributed by atoms with Crippen molar-refractivity contribution in [2.45, 2.75) is 129 Å². The molecule has 1 unspecified atom stereocenters. The minimum absolute atomic E-state index is 0.256. The summed E-state index contributed by atoms with van der Waals surface area (Å²) >= 11 is 0. The van der Waals surface area contributed by atoms with Crippen LogP contribution in [0.1, 0.15) is 123 Å². The lowest BCUT2D eigenvalue weighted by molar-refractivity contribution is -0.150. The SMILES string of the molecule is CCCCCCCCCCCCOC(=O)C1CCCCN1C(=O)OCCCCCC. The third-order valence-electron chi connectivity index (χ3n) is 5.98. The second-order valence-corrected chi connectivity index (χ2v) is 8.73. The Hall–Kier alpha value is -1.26. The van der Waals surface area contributed by atoms with Crippen LogP contribution in [-0.2, 0) is 14.3 Å². The van der Waals surface area contributed by atoms with Crippen LogP contribution in [0.3, 0.4) is 0 Å². The number of hydrogen-bond acceptors (Lipinski definition) is 4. The Morgan fingerprint density at radius 1 is 0.700 bits per heavy atom. The van der Waals surface area contributed by atoms with Gasteiger partial charge in [0.05, 0.1) is 13.2 Å². The van der Waals surface area contributed by atoms with Crippen molar-refractivity contribution >= 4 is 12.1 Å². The van der Waals surface area contributed by atoms with Crippen LogP contribution >= 0.6 is 0 Å². The minimum Gasteiger partial charge on any atom is -0.464 e. The van der Waals surface area contributed by atoms with Gasteiger partial charge < -0.3 is 9.47 Å². The Labute approximate surface area is 185 Å². The third kappa shape index (κ3) is 12.4. The lowest BCUT2D eigenvalue weighted by Gasteiger charge is -2.33. The molecule has 1 aliphatic heterocycles. The van der Waals surface area contributed by atoms with Gasteiger partial charge in [-0.25, -0.2) is 9.59 Å². The van der Waals surface area contributed by atoms with Crippen LogP contribution in [0.4, 0.5) is 4.79 Å². The number of piperidine rings is 1. The van der Waals surface area contributed by atoms with Gasteiger partial charge in [0, 0.05) is 6.54 Å². The van der Waals surface area contributed by atoms with Crippen LogP contribution in [0.25, 0.3) is 0 Å². The summed E-state index contributed by atoms with van der Waals surface area (Å²) in [6.07, 6.45) is 19.1. The summed E-state index contributed by atoms with van der Waals surface area (Å²) in [5.74, 6) is -0.256. The van der Waals surface area contributed by atoms with Gasteiger partial charge >= 0.3 is 12.1 Å². The van der Waals surface area contributed by atoms with Crippen molar-refractivity contribution in [3.05, 3.63) is 0 Å². The first-order valence-corrected chi connectivity index (χ1v) is 12.8. The molecule has 0 aliphatic carbocycles. The molecule has 0 N–H and O–H groups in total. The highest BCUT2D eigenvalue weighted by Gasteiger charge is 2.34. The molecular formula is C25H47NO4. The van der Waals surface area contributed by atoms with Crippen LogP contribution in [0.5, 0.6) is 0 Å². The zero-order valence-electron chi connectivity index (χ0n) is 19.8. The summed E-state index contributed by atoms with van der Waals surface area (Å²) in [5, 5.41) is 0. The van der Waals surface area contributed by atoms with E-state index in [0.29, 0.717) is 26.2 Å². The molecule has 1 atom stereocenters. The zero-order valence-corrected chi connectivity index (χ0v) is 19.8. The van der Waals surface area contributed by atoms with E-state index < -0.39 is 6.04 Å². The normalized spacial score (nSPS) is 16.5. The van der Waals surface area contributed by atoms with Crippen LogP contribution in [-0.4, -0.2) is 42.8 Å². The van der Waals surface area contributed by atoms with E-state index in [1.165, 1.54) is 51.4 Å². The highest BCUT2D eigenvalue weighted by atomic mass is 16.6. The van der Waals surface area contributed by atoms with E-state index in [-0.39, 0.29) is 12.1 Å². The number of likely N-dealkylation sites (tertiary alicyclic amines) is 1. The predicted octanol–water partition coefficient (Wildman–Crippen LogP) is 7.02. The molecule has 0 saturated carbocycles. The summed E-state index contributed by atoms with van der Waals surface area (Å²) in [6.45, 7) is 5.90. The maximum atomic E-state index is 12.5. The van der Waals surface area contributed by atoms with Gasteiger partial charge in [-0.2, -0.15) is 0 Å². The average molecular weight is 426 g/mol. The van der Waals surface area contributed by atoms with E-state index in [4.69, 9.17) is 9.47 Å². The molecule has 1 aliphatic rings. The Balaban J connectivity index is 2.14. The van der Waals surface area contributed by atoms with Crippen LogP contribution in [0, 0.1) is 0 Å². The molecule has 0 aromatic carbocycles. The number of nitrogens with zero attached hydrogens (tertiary/aromatic N) is 1. The van der Waals surface area contributed by atoms with Crippen molar-refractivity contribution in [1.82, 2.24) is 4.90 Å². The first kappa shape index (κ1) is 26.8. The molecule has 0 aromatic rings. The second kappa shape index (κ2) is 18.5. The fourth-order valence-corrected chi connectivity index (χ4v) is 4.02. The number of ether oxygens (including phenoxy) is 2. The predicted molar refractivity (Wildman–Crippen MR) is 123 cm³/mol. The van der Waals surface area contributed by atoms with Gasteiger partial charge in [-0.15, -0.1) is 0 Å². The smallest absolute Gasteiger partial charge is 0.410 e. The summed E-state index contributed by atoms with van der Waals surface area (Å²) in [6, 6.07) is -0.468. The van der Waals surface area contributed by atoms with Gasteiger partial charge in [-0.05, 0) is 32.1 Å². The van der Waals surface area contributed by atoms with Gasteiger partial charge in [0.15, 0.2) is 0 Å². The second-order valence-electron chi connectivity index (χ2n) is 8.73. The van der Waals surface area contributed by atoms with Crippen molar-refractivity contribution in [1.29, 1.82) is 0 Å². The van der Waals surface area contributed by atoms with Crippen molar-refractivity contribution in [2.24, 2.45) is 0 Å². The number of carbonyl (C=O) groups is 2. The molecule has 5 heteroatoms. The van der Waals surface area contributed by atoms with E-state index in [9.17, 15) is 9.59 Å². The summed E-state index contributed by atoms with van der Waals surface area (Å²) in [4.78, 5) is 26.5. The van der Waals surface area contributed by atoms with Gasteiger partial charge in [0.25, 0.3) is 0 Å². The molecule has 0 spiro atoms. The number of amides is 1. The summed E-state index contributed by atoms with van der Waals surface area (Å²) < 4.78 is 10.9. The third-order valence-corrected chi connectivity index (χ3v) is 5.98. The Morgan fingerprint density at radius 3 is 1.80 bits per heavy atom. The van der Waals surface area contributed by atoms with Crippen molar-refractivity contribution in [3.63, 3.8) is 0 Å². The van der Waals surface area contributed by atoms with Crippen molar-refractivity contribution in [3.8, 4) is 0 Å². The monoisotopic (exact) mass is 425 g/mol. The van der Waals surface area contributed by atoms with E-state index in [1.54, 1.807) is 4.90 Å². The fraction of sp³-hybridized carbons (Fsp3) is 0.920. The van der Waals surface area contributed by atoms with Gasteiger partial charge in [-0.3, -0.25) is 4.90 Å². The highest BCUT2D eigenvalue weighted by Crippen LogP contribution is 2.20. The number of rotatable bonds is 17. The van der Waals surface area contributed by atoms with Crippen LogP contribution in [0.15, 0.2) is 0 Å². The molecule has 30 heavy (non-hydrogen) atoms. The number of hydrogen-bond donors (Lipinski definition) is 0. The molecule has 0 aromatic heterocycles. The molecule has 1 heterocycles. The fourth-order valence-electron chi connectivity index (χ4n) is 4.02. The van der Waals surface area contributed by atoms with E-state index >= 15 is 0 Å². The standard InChI is InChI=1S/C25H47NO4/c1-3-5-7-9-10-11-12-13-14-18-21-29-24(27)23-19-15-16-20-26(23)25(28)30-22-17-8-6-4-2/h23H,3-22H2,1-2H3. The first-order valence-electron chi connectivity index (χ1n) is 12.8. The molecular weight excluding hydrogens is 378 g/mol. The van der Waals surface area contributed by atoms with Crippen molar-refractivity contribution in [2.75, 3.05) is 19.8 Å². The van der Waals surface area contributed by atoms with Gasteiger partial charge in [0.2, 0.25) is 0 Å². The van der Waals surface area contributed by atoms with Gasteiger partial charge in [0.1, 0.15) is 6.04 Å². The topological polar surface area (TPSA) is 55.8 Å². The Bertz CT molecular complexity index is 441. The lowest BCUT2D eigenvalue weighted by Crippen LogP contribution is -2.49. The Kier molecular flexibility index (Phi) is 16.5. The maximum absolute atomic E-state index is 12.5. The highest BCUT2D eigenvalue weighted by molar-refractivity contribution is 5.81. The average Bonchev–Trinajstić information content (AvgIpc) is 2.77. The molecule has 176 valence electrons. The number of carbonyl (C=O) groups excluding carboxylic acids is 2. The summed E-state index contributed by atoms with van der Waals surface area (Å²) in [7, 11) is 0. The minimum atomic E-state index is -0.468. The Morgan fingerprint density at radius 2 is 1.20 bits per heavy atom. The molecule has 1 amide bonds. The lowest BCUT2D eigenvalue weighted by atomic mass is 10.0. The molecule has 5 nitrogen and oxygen atoms in total. The molecule has 0 radical (unpaired) electrons. The van der Waals surface area contributed by atoms with Gasteiger partial charge in [-0.1, -0.05) is 90.9 Å². The first-order chi connectivity index (χ1) is 14.7. The van der Waals surface area contributed by atoms with E-state index in [0.717, 1.165) is 51.4 Å².